The van der Waals surface area contributed by atoms with E-state index in [1.807, 2.05) is 51.1 Å². The number of carbonyl (C=O) groups excluding carboxylic acids is 2. The van der Waals surface area contributed by atoms with Crippen molar-refractivity contribution in [2.75, 3.05) is 18.9 Å². The second-order valence-corrected chi connectivity index (χ2v) is 7.44. The van der Waals surface area contributed by atoms with Gasteiger partial charge in [-0.05, 0) is 18.6 Å². The molecule has 1 aromatic carbocycles. The highest BCUT2D eigenvalue weighted by atomic mass is 32.2. The summed E-state index contributed by atoms with van der Waals surface area (Å²) in [6, 6.07) is 9.61. The van der Waals surface area contributed by atoms with Crippen molar-refractivity contribution in [3.63, 3.8) is 0 Å². The standard InChI is InChI=1S/C18H23NO3S/c1-18(2,3)15(20)12-17-19(16(21)13-23-17)10-7-11-22-14-8-5-4-6-9-14/h4-6,8-9,12H,7,10-11,13H2,1-3H3. The van der Waals surface area contributed by atoms with Crippen LogP contribution in [0.4, 0.5) is 0 Å². The van der Waals surface area contributed by atoms with Crippen LogP contribution in [0.3, 0.4) is 0 Å². The zero-order valence-corrected chi connectivity index (χ0v) is 14.7. The molecule has 0 atom stereocenters. The number of para-hydroxylation sites is 1. The van der Waals surface area contributed by atoms with Crippen molar-refractivity contribution < 1.29 is 14.3 Å². The van der Waals surface area contributed by atoms with Crippen LogP contribution in [-0.2, 0) is 9.59 Å². The van der Waals surface area contributed by atoms with Gasteiger partial charge in [-0.15, -0.1) is 0 Å². The Morgan fingerprint density at radius 3 is 2.65 bits per heavy atom. The molecule has 1 aliphatic rings. The number of hydrogen-bond donors (Lipinski definition) is 0. The molecule has 1 aliphatic heterocycles. The van der Waals surface area contributed by atoms with Crippen LogP contribution in [0, 0.1) is 5.41 Å². The summed E-state index contributed by atoms with van der Waals surface area (Å²) >= 11 is 1.43. The molecular formula is C18H23NO3S. The fourth-order valence-corrected chi connectivity index (χ4v) is 2.99. The summed E-state index contributed by atoms with van der Waals surface area (Å²) in [5, 5.41) is 0.759. The van der Waals surface area contributed by atoms with Gasteiger partial charge in [0.05, 0.1) is 17.4 Å². The molecule has 1 aromatic rings. The van der Waals surface area contributed by atoms with Gasteiger partial charge in [-0.25, -0.2) is 0 Å². The molecule has 0 aliphatic carbocycles. The minimum absolute atomic E-state index is 0.0419. The lowest BCUT2D eigenvalue weighted by molar-refractivity contribution is -0.125. The molecule has 124 valence electrons. The van der Waals surface area contributed by atoms with E-state index in [-0.39, 0.29) is 11.7 Å². The first-order valence-corrected chi connectivity index (χ1v) is 8.73. The first-order valence-electron chi connectivity index (χ1n) is 7.75. The Bertz CT molecular complexity index is 590. The lowest BCUT2D eigenvalue weighted by atomic mass is 9.91. The molecule has 23 heavy (non-hydrogen) atoms. The van der Waals surface area contributed by atoms with Gasteiger partial charge in [0.15, 0.2) is 5.78 Å². The first-order chi connectivity index (χ1) is 10.9. The predicted octanol–water partition coefficient (Wildman–Crippen LogP) is 3.49. The van der Waals surface area contributed by atoms with Gasteiger partial charge in [-0.2, -0.15) is 0 Å². The third-order valence-electron chi connectivity index (χ3n) is 3.44. The highest BCUT2D eigenvalue weighted by molar-refractivity contribution is 8.04. The molecular weight excluding hydrogens is 310 g/mol. The quantitative estimate of drug-likeness (QED) is 0.590. The average Bonchev–Trinajstić information content (AvgIpc) is 2.84. The molecule has 0 N–H and O–H groups in total. The van der Waals surface area contributed by atoms with Crippen LogP contribution in [0.25, 0.3) is 0 Å². The molecule has 1 heterocycles. The minimum atomic E-state index is -0.429. The number of ketones is 1. The fourth-order valence-electron chi connectivity index (χ4n) is 2.03. The molecule has 0 unspecified atom stereocenters. The van der Waals surface area contributed by atoms with Crippen molar-refractivity contribution in [1.82, 2.24) is 4.90 Å². The van der Waals surface area contributed by atoms with Gasteiger partial charge in [0.25, 0.3) is 0 Å². The van der Waals surface area contributed by atoms with E-state index in [2.05, 4.69) is 0 Å². The molecule has 0 saturated carbocycles. The topological polar surface area (TPSA) is 46.6 Å². The highest BCUT2D eigenvalue weighted by Crippen LogP contribution is 2.30. The van der Waals surface area contributed by atoms with Crippen molar-refractivity contribution in [3.05, 3.63) is 41.4 Å². The van der Waals surface area contributed by atoms with Crippen LogP contribution in [0.5, 0.6) is 5.75 Å². The van der Waals surface area contributed by atoms with Gasteiger partial charge in [0, 0.05) is 18.0 Å². The second-order valence-electron chi connectivity index (χ2n) is 6.45. The number of hydrogen-bond acceptors (Lipinski definition) is 4. The van der Waals surface area contributed by atoms with Crippen molar-refractivity contribution in [3.8, 4) is 5.75 Å². The van der Waals surface area contributed by atoms with E-state index in [9.17, 15) is 9.59 Å². The third kappa shape index (κ3) is 5.13. The van der Waals surface area contributed by atoms with Gasteiger partial charge in [-0.3, -0.25) is 9.59 Å². The smallest absolute Gasteiger partial charge is 0.237 e. The average molecular weight is 333 g/mol. The van der Waals surface area contributed by atoms with E-state index >= 15 is 0 Å². The number of amides is 1. The zero-order valence-electron chi connectivity index (χ0n) is 13.9. The normalized spacial score (nSPS) is 16.9. The van der Waals surface area contributed by atoms with E-state index in [0.717, 1.165) is 17.2 Å². The number of benzene rings is 1. The van der Waals surface area contributed by atoms with E-state index in [1.54, 1.807) is 11.0 Å². The van der Waals surface area contributed by atoms with Crippen molar-refractivity contribution in [2.24, 2.45) is 5.41 Å². The summed E-state index contributed by atoms with van der Waals surface area (Å²) in [7, 11) is 0. The Balaban J connectivity index is 1.88. The minimum Gasteiger partial charge on any atom is -0.494 e. The second kappa shape index (κ2) is 7.68. The maximum absolute atomic E-state index is 12.1. The van der Waals surface area contributed by atoms with Crippen LogP contribution in [0.2, 0.25) is 0 Å². The number of carbonyl (C=O) groups is 2. The van der Waals surface area contributed by atoms with Crippen molar-refractivity contribution >= 4 is 23.5 Å². The fraction of sp³-hybridized carbons (Fsp3) is 0.444. The lowest BCUT2D eigenvalue weighted by Gasteiger charge is -2.19. The van der Waals surface area contributed by atoms with E-state index in [1.165, 1.54) is 11.8 Å². The highest BCUT2D eigenvalue weighted by Gasteiger charge is 2.28. The lowest BCUT2D eigenvalue weighted by Crippen LogP contribution is -2.28. The Kier molecular flexibility index (Phi) is 5.88. The van der Waals surface area contributed by atoms with E-state index in [4.69, 9.17) is 4.74 Å². The molecule has 0 bridgehead atoms. The number of rotatable bonds is 6. The molecule has 0 spiro atoms. The summed E-state index contributed by atoms with van der Waals surface area (Å²) in [5.74, 6) is 1.33. The molecule has 1 saturated heterocycles. The summed E-state index contributed by atoms with van der Waals surface area (Å²) in [6.07, 6.45) is 2.33. The van der Waals surface area contributed by atoms with Gasteiger partial charge < -0.3 is 9.64 Å². The molecule has 0 radical (unpaired) electrons. The third-order valence-corrected chi connectivity index (χ3v) is 4.47. The first kappa shape index (κ1) is 17.6. The monoisotopic (exact) mass is 333 g/mol. The van der Waals surface area contributed by atoms with E-state index < -0.39 is 5.41 Å². The van der Waals surface area contributed by atoms with Crippen molar-refractivity contribution in [2.45, 2.75) is 27.2 Å². The molecule has 0 aromatic heterocycles. The van der Waals surface area contributed by atoms with Crippen LogP contribution in [0.1, 0.15) is 27.2 Å². The molecule has 1 fully saturated rings. The number of ether oxygens (including phenoxy) is 1. The summed E-state index contributed by atoms with van der Waals surface area (Å²) in [4.78, 5) is 25.8. The Labute approximate surface area is 141 Å². The number of thioether (sulfide) groups is 1. The SMILES string of the molecule is CC(C)(C)C(=O)C=C1SCC(=O)N1CCCOc1ccccc1. The maximum Gasteiger partial charge on any atom is 0.237 e. The van der Waals surface area contributed by atoms with Gasteiger partial charge in [-0.1, -0.05) is 50.7 Å². The summed E-state index contributed by atoms with van der Waals surface area (Å²) in [6.45, 7) is 6.75. The molecule has 1 amide bonds. The van der Waals surface area contributed by atoms with Crippen LogP contribution in [0.15, 0.2) is 41.4 Å². The zero-order chi connectivity index (χ0) is 16.9. The van der Waals surface area contributed by atoms with Gasteiger partial charge in [0.1, 0.15) is 5.75 Å². The van der Waals surface area contributed by atoms with Crippen LogP contribution in [-0.4, -0.2) is 35.5 Å². The maximum atomic E-state index is 12.1. The molecule has 5 heteroatoms. The Morgan fingerprint density at radius 1 is 1.30 bits per heavy atom. The van der Waals surface area contributed by atoms with Crippen LogP contribution < -0.4 is 4.74 Å². The predicted molar refractivity (Wildman–Crippen MR) is 93.3 cm³/mol. The van der Waals surface area contributed by atoms with Crippen LogP contribution >= 0.6 is 11.8 Å². The molecule has 4 nitrogen and oxygen atoms in total. The Morgan fingerprint density at radius 2 is 2.00 bits per heavy atom. The van der Waals surface area contributed by atoms with Gasteiger partial charge in [0.2, 0.25) is 5.91 Å². The largest absolute Gasteiger partial charge is 0.494 e. The molecule has 2 rings (SSSR count). The van der Waals surface area contributed by atoms with Crippen molar-refractivity contribution in [1.29, 1.82) is 0 Å². The Hall–Kier alpha value is -1.75. The summed E-state index contributed by atoms with van der Waals surface area (Å²) < 4.78 is 5.64. The number of nitrogens with zero attached hydrogens (tertiary/aromatic N) is 1. The number of allylic oxidation sites excluding steroid dienone is 1. The van der Waals surface area contributed by atoms with E-state index in [0.29, 0.717) is 18.9 Å². The summed E-state index contributed by atoms with van der Waals surface area (Å²) in [5.41, 5.74) is -0.429. The van der Waals surface area contributed by atoms with Gasteiger partial charge >= 0.3 is 0 Å².